The van der Waals surface area contributed by atoms with Crippen molar-refractivity contribution in [3.8, 4) is 0 Å². The molecule has 0 bridgehead atoms. The fraction of sp³-hybridized carbons (Fsp3) is 0.333. The summed E-state index contributed by atoms with van der Waals surface area (Å²) in [6.07, 6.45) is -0.615. The van der Waals surface area contributed by atoms with Crippen LogP contribution in [0.15, 0.2) is 30.3 Å². The number of hydrogen-bond donors (Lipinski definition) is 0. The third kappa shape index (κ3) is 4.13. The van der Waals surface area contributed by atoms with Crippen LogP contribution in [0, 0.1) is 0 Å². The lowest BCUT2D eigenvalue weighted by atomic mass is 10.1. The molecule has 0 radical (unpaired) electrons. The highest BCUT2D eigenvalue weighted by molar-refractivity contribution is 6.34. The van der Waals surface area contributed by atoms with Crippen LogP contribution in [0.5, 0.6) is 0 Å². The number of ether oxygens (including phenoxy) is 1. The molecule has 2 aromatic rings. The number of imidazole rings is 1. The van der Waals surface area contributed by atoms with E-state index in [9.17, 15) is 4.79 Å². The second kappa shape index (κ2) is 8.25. The van der Waals surface area contributed by atoms with Crippen molar-refractivity contribution in [3.05, 3.63) is 52.0 Å². The molecule has 0 fully saturated rings. The summed E-state index contributed by atoms with van der Waals surface area (Å²) in [6.45, 7) is 1.89. The Kier molecular flexibility index (Phi) is 6.60. The highest BCUT2D eigenvalue weighted by Crippen LogP contribution is 2.29. The van der Waals surface area contributed by atoms with E-state index in [1.54, 1.807) is 0 Å². The predicted octanol–water partition coefficient (Wildman–Crippen LogP) is 4.80. The molecule has 1 atom stereocenters. The second-order valence-electron chi connectivity index (χ2n) is 4.81. The van der Waals surface area contributed by atoms with Crippen LogP contribution in [0.4, 0.5) is 0 Å². The topological polar surface area (TPSA) is 44.1 Å². The number of aromatic nitrogens is 2. The van der Waals surface area contributed by atoms with Crippen LogP contribution in [0.3, 0.4) is 0 Å². The summed E-state index contributed by atoms with van der Waals surface area (Å²) >= 11 is 23.6. The fourth-order valence-electron chi connectivity index (χ4n) is 2.11. The van der Waals surface area contributed by atoms with Crippen molar-refractivity contribution in [2.24, 2.45) is 0 Å². The van der Waals surface area contributed by atoms with Crippen LogP contribution in [0.2, 0.25) is 10.4 Å². The van der Waals surface area contributed by atoms with Crippen molar-refractivity contribution in [2.75, 3.05) is 11.8 Å². The standard InChI is InChI=1S/C15H14Cl4N2O2/c1-9(10-5-3-2-4-6-10)21-12(13(18)20-15(21)19)14(22)23-11(7-16)8-17/h2-6,9,11H,7-8H2,1H3/t9-/m1/s1. The van der Waals surface area contributed by atoms with E-state index in [4.69, 9.17) is 51.1 Å². The number of halogens is 4. The molecule has 0 aliphatic rings. The molecular formula is C15H14Cl4N2O2. The zero-order valence-corrected chi connectivity index (χ0v) is 15.2. The number of carbonyl (C=O) groups excluding carboxylic acids is 1. The van der Waals surface area contributed by atoms with Crippen LogP contribution in [0.1, 0.15) is 29.0 Å². The maximum atomic E-state index is 12.4. The van der Waals surface area contributed by atoms with Gasteiger partial charge in [0.05, 0.1) is 17.8 Å². The average molecular weight is 396 g/mol. The molecule has 0 saturated carbocycles. The van der Waals surface area contributed by atoms with Gasteiger partial charge in [-0.05, 0) is 24.1 Å². The highest BCUT2D eigenvalue weighted by atomic mass is 35.5. The van der Waals surface area contributed by atoms with Crippen molar-refractivity contribution in [1.29, 1.82) is 0 Å². The monoisotopic (exact) mass is 394 g/mol. The fourth-order valence-corrected chi connectivity index (χ4v) is 3.17. The SMILES string of the molecule is C[C@H](c1ccccc1)n1c(Cl)nc(Cl)c1C(=O)OC(CCl)CCl. The van der Waals surface area contributed by atoms with E-state index in [0.29, 0.717) is 0 Å². The molecule has 0 aliphatic carbocycles. The smallest absolute Gasteiger partial charge is 0.358 e. The summed E-state index contributed by atoms with van der Waals surface area (Å²) in [7, 11) is 0. The van der Waals surface area contributed by atoms with Gasteiger partial charge in [0, 0.05) is 0 Å². The Morgan fingerprint density at radius 2 is 1.83 bits per heavy atom. The quantitative estimate of drug-likeness (QED) is 0.521. The molecule has 23 heavy (non-hydrogen) atoms. The molecule has 1 aromatic carbocycles. The van der Waals surface area contributed by atoms with Gasteiger partial charge in [0.2, 0.25) is 5.28 Å². The van der Waals surface area contributed by atoms with E-state index in [2.05, 4.69) is 4.98 Å². The van der Waals surface area contributed by atoms with Crippen molar-refractivity contribution in [1.82, 2.24) is 9.55 Å². The Labute approximate surface area is 154 Å². The van der Waals surface area contributed by atoms with Gasteiger partial charge in [-0.25, -0.2) is 9.78 Å². The molecule has 124 valence electrons. The third-order valence-corrected chi connectivity index (χ3v) is 4.52. The summed E-state index contributed by atoms with van der Waals surface area (Å²) in [6, 6.07) is 9.28. The molecule has 0 unspecified atom stereocenters. The average Bonchev–Trinajstić information content (AvgIpc) is 2.86. The number of esters is 1. The maximum Gasteiger partial charge on any atom is 0.358 e. The van der Waals surface area contributed by atoms with Crippen LogP contribution in [-0.4, -0.2) is 33.4 Å². The van der Waals surface area contributed by atoms with Gasteiger partial charge in [0.15, 0.2) is 10.8 Å². The molecule has 2 rings (SSSR count). The first kappa shape index (κ1) is 18.4. The van der Waals surface area contributed by atoms with Gasteiger partial charge in [-0.15, -0.1) is 23.2 Å². The molecule has 0 spiro atoms. The lowest BCUT2D eigenvalue weighted by Gasteiger charge is -2.19. The van der Waals surface area contributed by atoms with E-state index in [-0.39, 0.29) is 33.9 Å². The summed E-state index contributed by atoms with van der Waals surface area (Å²) in [5.41, 5.74) is 1.03. The predicted molar refractivity (Wildman–Crippen MR) is 93.1 cm³/mol. The van der Waals surface area contributed by atoms with E-state index < -0.39 is 12.1 Å². The lowest BCUT2D eigenvalue weighted by molar-refractivity contribution is 0.0376. The number of rotatable bonds is 6. The van der Waals surface area contributed by atoms with Crippen molar-refractivity contribution in [3.63, 3.8) is 0 Å². The Hall–Kier alpha value is -0.940. The normalized spacial score (nSPS) is 12.4. The van der Waals surface area contributed by atoms with Crippen LogP contribution >= 0.6 is 46.4 Å². The number of alkyl halides is 2. The van der Waals surface area contributed by atoms with Gasteiger partial charge in [0.1, 0.15) is 6.10 Å². The minimum atomic E-state index is -0.663. The molecule has 4 nitrogen and oxygen atoms in total. The third-order valence-electron chi connectivity index (χ3n) is 3.31. The van der Waals surface area contributed by atoms with Crippen LogP contribution in [-0.2, 0) is 4.74 Å². The van der Waals surface area contributed by atoms with Gasteiger partial charge < -0.3 is 9.30 Å². The number of carbonyl (C=O) groups is 1. The molecule has 0 aliphatic heterocycles. The zero-order valence-electron chi connectivity index (χ0n) is 12.2. The highest BCUT2D eigenvalue weighted by Gasteiger charge is 2.28. The minimum Gasteiger partial charge on any atom is -0.455 e. The van der Waals surface area contributed by atoms with Crippen molar-refractivity contribution < 1.29 is 9.53 Å². The van der Waals surface area contributed by atoms with E-state index in [1.165, 1.54) is 4.57 Å². The van der Waals surface area contributed by atoms with Gasteiger partial charge in [-0.2, -0.15) is 0 Å². The molecule has 0 N–H and O–H groups in total. The number of hydrogen-bond acceptors (Lipinski definition) is 3. The molecule has 0 saturated heterocycles. The van der Waals surface area contributed by atoms with E-state index in [1.807, 2.05) is 37.3 Å². The first-order chi connectivity index (χ1) is 11.0. The number of nitrogens with zero attached hydrogens (tertiary/aromatic N) is 2. The van der Waals surface area contributed by atoms with Crippen LogP contribution in [0.25, 0.3) is 0 Å². The largest absolute Gasteiger partial charge is 0.455 e. The first-order valence-corrected chi connectivity index (χ1v) is 8.63. The molecule has 0 amide bonds. The Morgan fingerprint density at radius 1 is 1.22 bits per heavy atom. The Bertz CT molecular complexity index is 672. The molecule has 1 heterocycles. The maximum absolute atomic E-state index is 12.4. The number of benzene rings is 1. The Morgan fingerprint density at radius 3 is 2.39 bits per heavy atom. The zero-order chi connectivity index (χ0) is 17.0. The van der Waals surface area contributed by atoms with Gasteiger partial charge in [0.25, 0.3) is 0 Å². The van der Waals surface area contributed by atoms with E-state index in [0.717, 1.165) is 5.56 Å². The van der Waals surface area contributed by atoms with Crippen molar-refractivity contribution >= 4 is 52.4 Å². The second-order valence-corrected chi connectivity index (χ2v) is 6.13. The van der Waals surface area contributed by atoms with Crippen LogP contribution < -0.4 is 0 Å². The summed E-state index contributed by atoms with van der Waals surface area (Å²) < 4.78 is 6.78. The van der Waals surface area contributed by atoms with E-state index >= 15 is 0 Å². The molecule has 1 aromatic heterocycles. The summed E-state index contributed by atoms with van der Waals surface area (Å²) in [4.78, 5) is 16.4. The van der Waals surface area contributed by atoms with Gasteiger partial charge in [-0.1, -0.05) is 41.9 Å². The summed E-state index contributed by atoms with van der Waals surface area (Å²) in [5, 5.41) is 0.0808. The first-order valence-electron chi connectivity index (χ1n) is 6.80. The summed E-state index contributed by atoms with van der Waals surface area (Å²) in [5.74, 6) is -0.491. The van der Waals surface area contributed by atoms with Gasteiger partial charge >= 0.3 is 5.97 Å². The minimum absolute atomic E-state index is 0.0225. The Balaban J connectivity index is 2.39. The molecule has 8 heteroatoms. The van der Waals surface area contributed by atoms with Crippen molar-refractivity contribution in [2.45, 2.75) is 19.1 Å². The lowest BCUT2D eigenvalue weighted by Crippen LogP contribution is -2.24. The van der Waals surface area contributed by atoms with Gasteiger partial charge in [-0.3, -0.25) is 0 Å². The molecular weight excluding hydrogens is 382 g/mol.